The van der Waals surface area contributed by atoms with Gasteiger partial charge < -0.3 is 10.0 Å². The molecule has 19 heavy (non-hydrogen) atoms. The molecule has 0 aromatic heterocycles. The summed E-state index contributed by atoms with van der Waals surface area (Å²) in [5, 5.41) is 9.14. The Bertz CT molecular complexity index is 307. The first-order chi connectivity index (χ1) is 8.65. The number of aliphatic carboxylic acids is 1. The maximum absolute atomic E-state index is 12.4. The second kappa shape index (κ2) is 7.51. The zero-order valence-electron chi connectivity index (χ0n) is 13.2. The molecule has 0 rings (SSSR count). The minimum Gasteiger partial charge on any atom is -0.481 e. The van der Waals surface area contributed by atoms with Gasteiger partial charge in [-0.2, -0.15) is 0 Å². The molecule has 4 nitrogen and oxygen atoms in total. The molecule has 1 N–H and O–H groups in total. The molecule has 0 fully saturated rings. The third kappa shape index (κ3) is 5.62. The van der Waals surface area contributed by atoms with Crippen LogP contribution < -0.4 is 0 Å². The molecule has 0 saturated carbocycles. The van der Waals surface area contributed by atoms with Gasteiger partial charge in [-0.15, -0.1) is 0 Å². The quantitative estimate of drug-likeness (QED) is 0.737. The maximum Gasteiger partial charge on any atom is 0.309 e. The zero-order chi connectivity index (χ0) is 15.2. The van der Waals surface area contributed by atoms with Crippen molar-refractivity contribution >= 4 is 11.9 Å². The fourth-order valence-corrected chi connectivity index (χ4v) is 2.13. The first kappa shape index (κ1) is 17.9. The predicted molar refractivity (Wildman–Crippen MR) is 77.0 cm³/mol. The summed E-state index contributed by atoms with van der Waals surface area (Å²) >= 11 is 0. The van der Waals surface area contributed by atoms with E-state index < -0.39 is 11.4 Å². The van der Waals surface area contributed by atoms with E-state index >= 15 is 0 Å². The van der Waals surface area contributed by atoms with E-state index in [1.807, 2.05) is 4.90 Å². The van der Waals surface area contributed by atoms with E-state index in [1.165, 1.54) is 0 Å². The van der Waals surface area contributed by atoms with Crippen molar-refractivity contribution in [1.29, 1.82) is 0 Å². The highest BCUT2D eigenvalue weighted by molar-refractivity contribution is 5.84. The lowest BCUT2D eigenvalue weighted by molar-refractivity contribution is -0.152. The van der Waals surface area contributed by atoms with Crippen molar-refractivity contribution in [2.24, 2.45) is 11.3 Å². The van der Waals surface area contributed by atoms with Crippen molar-refractivity contribution in [3.63, 3.8) is 0 Å². The van der Waals surface area contributed by atoms with Crippen LogP contribution in [0.3, 0.4) is 0 Å². The molecular formula is C15H29NO3. The SMILES string of the molecule is CCC(CC)N(CC(C)C)C(=O)CC(C)(C)C(=O)O. The van der Waals surface area contributed by atoms with Gasteiger partial charge in [0.2, 0.25) is 5.91 Å². The van der Waals surface area contributed by atoms with Crippen LogP contribution in [0.4, 0.5) is 0 Å². The average Bonchev–Trinajstić information content (AvgIpc) is 2.27. The monoisotopic (exact) mass is 271 g/mol. The molecular weight excluding hydrogens is 242 g/mol. The Hall–Kier alpha value is -1.06. The van der Waals surface area contributed by atoms with Crippen LogP contribution in [0.1, 0.15) is 60.8 Å². The Labute approximate surface area is 117 Å². The van der Waals surface area contributed by atoms with E-state index in [0.717, 1.165) is 12.8 Å². The van der Waals surface area contributed by atoms with E-state index in [1.54, 1.807) is 13.8 Å². The summed E-state index contributed by atoms with van der Waals surface area (Å²) in [5.41, 5.74) is -1.00. The maximum atomic E-state index is 12.4. The van der Waals surface area contributed by atoms with Crippen LogP contribution >= 0.6 is 0 Å². The Morgan fingerprint density at radius 2 is 1.63 bits per heavy atom. The van der Waals surface area contributed by atoms with E-state index in [4.69, 9.17) is 5.11 Å². The molecule has 0 spiro atoms. The number of hydrogen-bond donors (Lipinski definition) is 1. The summed E-state index contributed by atoms with van der Waals surface area (Å²) in [4.78, 5) is 25.4. The van der Waals surface area contributed by atoms with Gasteiger partial charge in [-0.25, -0.2) is 0 Å². The molecule has 0 aliphatic carbocycles. The molecule has 0 radical (unpaired) electrons. The van der Waals surface area contributed by atoms with Crippen molar-refractivity contribution in [1.82, 2.24) is 4.90 Å². The number of carboxylic acids is 1. The highest BCUT2D eigenvalue weighted by Crippen LogP contribution is 2.24. The van der Waals surface area contributed by atoms with Gasteiger partial charge >= 0.3 is 5.97 Å². The van der Waals surface area contributed by atoms with Crippen molar-refractivity contribution in [2.75, 3.05) is 6.54 Å². The lowest BCUT2D eigenvalue weighted by Crippen LogP contribution is -2.44. The molecule has 0 aliphatic rings. The largest absolute Gasteiger partial charge is 0.481 e. The molecule has 4 heteroatoms. The summed E-state index contributed by atoms with van der Waals surface area (Å²) in [6.07, 6.45) is 1.87. The number of carboxylic acid groups (broad SMARTS) is 1. The average molecular weight is 271 g/mol. The molecule has 0 unspecified atom stereocenters. The lowest BCUT2D eigenvalue weighted by atomic mass is 9.88. The normalized spacial score (nSPS) is 12.0. The summed E-state index contributed by atoms with van der Waals surface area (Å²) in [7, 11) is 0. The third-order valence-electron chi connectivity index (χ3n) is 3.44. The standard InChI is InChI=1S/C15H29NO3/c1-7-12(8-2)16(10-11(3)4)13(17)9-15(5,6)14(18)19/h11-12H,7-10H2,1-6H3,(H,18,19). The number of nitrogens with zero attached hydrogens (tertiary/aromatic N) is 1. The van der Waals surface area contributed by atoms with Crippen molar-refractivity contribution in [2.45, 2.75) is 66.8 Å². The van der Waals surface area contributed by atoms with Crippen LogP contribution in [-0.4, -0.2) is 34.5 Å². The number of carbonyl (C=O) groups excluding carboxylic acids is 1. The molecule has 0 atom stereocenters. The summed E-state index contributed by atoms with van der Waals surface area (Å²) in [5.74, 6) is -0.581. The summed E-state index contributed by atoms with van der Waals surface area (Å²) in [6.45, 7) is 12.2. The molecule has 1 amide bonds. The predicted octanol–water partition coefficient (Wildman–Crippen LogP) is 3.16. The Morgan fingerprint density at radius 3 is 1.95 bits per heavy atom. The first-order valence-corrected chi connectivity index (χ1v) is 7.18. The second-order valence-electron chi connectivity index (χ2n) is 6.28. The zero-order valence-corrected chi connectivity index (χ0v) is 13.2. The van der Waals surface area contributed by atoms with Crippen LogP contribution in [0.15, 0.2) is 0 Å². The Morgan fingerprint density at radius 1 is 1.16 bits per heavy atom. The molecule has 0 heterocycles. The number of carbonyl (C=O) groups is 2. The van der Waals surface area contributed by atoms with Crippen LogP contribution in [0.5, 0.6) is 0 Å². The summed E-state index contributed by atoms with van der Waals surface area (Å²) < 4.78 is 0. The lowest BCUT2D eigenvalue weighted by Gasteiger charge is -2.34. The molecule has 0 saturated heterocycles. The van der Waals surface area contributed by atoms with Crippen LogP contribution in [0.2, 0.25) is 0 Å². The molecule has 0 bridgehead atoms. The van der Waals surface area contributed by atoms with E-state index in [-0.39, 0.29) is 18.4 Å². The van der Waals surface area contributed by atoms with Crippen molar-refractivity contribution in [3.05, 3.63) is 0 Å². The van der Waals surface area contributed by atoms with Gasteiger partial charge in [-0.1, -0.05) is 27.7 Å². The molecule has 112 valence electrons. The van der Waals surface area contributed by atoms with Gasteiger partial charge in [0.05, 0.1) is 5.41 Å². The van der Waals surface area contributed by atoms with E-state index in [2.05, 4.69) is 27.7 Å². The topological polar surface area (TPSA) is 57.6 Å². The molecule has 0 aromatic carbocycles. The van der Waals surface area contributed by atoms with Gasteiger partial charge in [-0.3, -0.25) is 9.59 Å². The van der Waals surface area contributed by atoms with Crippen LogP contribution in [0, 0.1) is 11.3 Å². The van der Waals surface area contributed by atoms with Crippen molar-refractivity contribution in [3.8, 4) is 0 Å². The van der Waals surface area contributed by atoms with E-state index in [9.17, 15) is 9.59 Å². The summed E-state index contributed by atoms with van der Waals surface area (Å²) in [6, 6.07) is 0.208. The van der Waals surface area contributed by atoms with Gasteiger partial charge in [-0.05, 0) is 32.6 Å². The number of hydrogen-bond acceptors (Lipinski definition) is 2. The van der Waals surface area contributed by atoms with Crippen molar-refractivity contribution < 1.29 is 14.7 Å². The highest BCUT2D eigenvalue weighted by atomic mass is 16.4. The van der Waals surface area contributed by atoms with Crippen LogP contribution in [-0.2, 0) is 9.59 Å². The minimum atomic E-state index is -1.00. The minimum absolute atomic E-state index is 0.0465. The fraction of sp³-hybridized carbons (Fsp3) is 0.867. The number of rotatable bonds is 8. The van der Waals surface area contributed by atoms with Gasteiger partial charge in [0, 0.05) is 19.0 Å². The molecule has 0 aromatic rings. The van der Waals surface area contributed by atoms with Gasteiger partial charge in [0.25, 0.3) is 0 Å². The third-order valence-corrected chi connectivity index (χ3v) is 3.44. The Balaban J connectivity index is 4.95. The smallest absolute Gasteiger partial charge is 0.309 e. The highest BCUT2D eigenvalue weighted by Gasteiger charge is 2.33. The first-order valence-electron chi connectivity index (χ1n) is 7.18. The van der Waals surface area contributed by atoms with Gasteiger partial charge in [0.15, 0.2) is 0 Å². The van der Waals surface area contributed by atoms with Gasteiger partial charge in [0.1, 0.15) is 0 Å². The fourth-order valence-electron chi connectivity index (χ4n) is 2.13. The molecule has 0 aliphatic heterocycles. The number of amides is 1. The van der Waals surface area contributed by atoms with Crippen LogP contribution in [0.25, 0.3) is 0 Å². The second-order valence-corrected chi connectivity index (χ2v) is 6.28. The Kier molecular flexibility index (Phi) is 7.09. The van der Waals surface area contributed by atoms with E-state index in [0.29, 0.717) is 12.5 Å².